The molecule has 36 heavy (non-hydrogen) atoms. The molecular weight excluding hydrogens is 446 g/mol. The van der Waals surface area contributed by atoms with E-state index in [1.807, 2.05) is 22.7 Å². The number of aryl methyl sites for hydroxylation is 3. The fourth-order valence-corrected chi connectivity index (χ4v) is 5.75. The highest BCUT2D eigenvalue weighted by Gasteiger charge is 2.32. The summed E-state index contributed by atoms with van der Waals surface area (Å²) in [6, 6.07) is 19.5. The lowest BCUT2D eigenvalue weighted by Gasteiger charge is -2.40. The summed E-state index contributed by atoms with van der Waals surface area (Å²) in [5.41, 5.74) is 6.66. The van der Waals surface area contributed by atoms with Gasteiger partial charge in [-0.1, -0.05) is 42.0 Å². The van der Waals surface area contributed by atoms with Gasteiger partial charge in [0.2, 0.25) is 0 Å². The molecule has 5 rings (SSSR count). The maximum absolute atomic E-state index is 13.3. The van der Waals surface area contributed by atoms with Gasteiger partial charge in [-0.15, -0.1) is 0 Å². The lowest BCUT2D eigenvalue weighted by molar-refractivity contribution is 0.0598. The van der Waals surface area contributed by atoms with Crippen LogP contribution in [0.15, 0.2) is 60.8 Å². The molecule has 0 aliphatic carbocycles. The number of hydrogen-bond donors (Lipinski definition) is 1. The maximum atomic E-state index is 13.3. The van der Waals surface area contributed by atoms with Gasteiger partial charge in [0.25, 0.3) is 5.91 Å². The average Bonchev–Trinajstić information content (AvgIpc) is 3.44. The van der Waals surface area contributed by atoms with Crippen molar-refractivity contribution in [3.8, 4) is 0 Å². The second-order valence-electron chi connectivity index (χ2n) is 10.5. The van der Waals surface area contributed by atoms with Crippen LogP contribution in [-0.4, -0.2) is 56.7 Å². The predicted molar refractivity (Wildman–Crippen MR) is 145 cm³/mol. The standard InChI is InChI=1S/C30H37N5O/c1-21-10-11-27-25(16-21)18-28(31-27)30(36)35-14-12-24(13-15-35)29(17-23-8-6-5-7-9-23)33(3)19-26-20-34(4)32-22(26)2/h5-11,16,18,20,24,29,31H,12-15,17,19H2,1-4H3. The summed E-state index contributed by atoms with van der Waals surface area (Å²) in [7, 11) is 4.23. The van der Waals surface area contributed by atoms with Gasteiger partial charge in [-0.25, -0.2) is 0 Å². The smallest absolute Gasteiger partial charge is 0.270 e. The monoisotopic (exact) mass is 483 g/mol. The van der Waals surface area contributed by atoms with E-state index in [9.17, 15) is 4.79 Å². The molecule has 2 aromatic carbocycles. The summed E-state index contributed by atoms with van der Waals surface area (Å²) in [5.74, 6) is 0.642. The first kappa shape index (κ1) is 24.3. The van der Waals surface area contributed by atoms with E-state index in [-0.39, 0.29) is 5.91 Å². The molecule has 1 aliphatic rings. The molecule has 4 aromatic rings. The van der Waals surface area contributed by atoms with Gasteiger partial charge < -0.3 is 9.88 Å². The second-order valence-corrected chi connectivity index (χ2v) is 10.5. The molecule has 1 aliphatic heterocycles. The van der Waals surface area contributed by atoms with Gasteiger partial charge in [0.1, 0.15) is 5.69 Å². The SMILES string of the molecule is Cc1ccc2[nH]c(C(=O)N3CCC(C(Cc4ccccc4)N(C)Cc4cn(C)nc4C)CC3)cc2c1. The number of H-pyrrole nitrogens is 1. The van der Waals surface area contributed by atoms with Crippen molar-refractivity contribution in [2.75, 3.05) is 20.1 Å². The van der Waals surface area contributed by atoms with Crippen LogP contribution >= 0.6 is 0 Å². The number of benzene rings is 2. The quantitative estimate of drug-likeness (QED) is 0.397. The minimum Gasteiger partial charge on any atom is -0.351 e. The molecule has 2 aromatic heterocycles. The Morgan fingerprint density at radius 1 is 1.11 bits per heavy atom. The molecule has 6 heteroatoms. The highest BCUT2D eigenvalue weighted by molar-refractivity contribution is 5.98. The summed E-state index contributed by atoms with van der Waals surface area (Å²) in [5, 5.41) is 5.64. The largest absolute Gasteiger partial charge is 0.351 e. The van der Waals surface area contributed by atoms with Gasteiger partial charge in [-0.3, -0.25) is 14.4 Å². The van der Waals surface area contributed by atoms with Crippen LogP contribution in [0.1, 0.15) is 45.7 Å². The number of carbonyl (C=O) groups excluding carboxylic acids is 1. The molecule has 188 valence electrons. The van der Waals surface area contributed by atoms with Gasteiger partial charge in [0.15, 0.2) is 0 Å². The van der Waals surface area contributed by atoms with Crippen molar-refractivity contribution in [3.05, 3.63) is 88.9 Å². The van der Waals surface area contributed by atoms with Gasteiger partial charge in [0.05, 0.1) is 5.69 Å². The Hall–Kier alpha value is -3.38. The van der Waals surface area contributed by atoms with Crippen molar-refractivity contribution in [1.82, 2.24) is 24.6 Å². The number of fused-ring (bicyclic) bond motifs is 1. The number of rotatable bonds is 7. The minimum atomic E-state index is 0.112. The second kappa shape index (κ2) is 10.3. The first-order chi connectivity index (χ1) is 17.4. The predicted octanol–water partition coefficient (Wildman–Crippen LogP) is 5.11. The summed E-state index contributed by atoms with van der Waals surface area (Å²) in [6.07, 6.45) is 5.17. The van der Waals surface area contributed by atoms with Gasteiger partial charge in [-0.2, -0.15) is 5.10 Å². The van der Waals surface area contributed by atoms with Crippen LogP contribution in [0.5, 0.6) is 0 Å². The topological polar surface area (TPSA) is 57.2 Å². The van der Waals surface area contributed by atoms with E-state index >= 15 is 0 Å². The van der Waals surface area contributed by atoms with Crippen molar-refractivity contribution < 1.29 is 4.79 Å². The van der Waals surface area contributed by atoms with E-state index in [1.165, 1.54) is 16.7 Å². The molecule has 6 nitrogen and oxygen atoms in total. The van der Waals surface area contributed by atoms with Crippen LogP contribution in [0.4, 0.5) is 0 Å². The third-order valence-corrected chi connectivity index (χ3v) is 7.77. The zero-order valence-electron chi connectivity index (χ0n) is 21.9. The highest BCUT2D eigenvalue weighted by Crippen LogP contribution is 2.29. The third-order valence-electron chi connectivity index (χ3n) is 7.77. The molecule has 0 bridgehead atoms. The molecule has 0 spiro atoms. The summed E-state index contributed by atoms with van der Waals surface area (Å²) in [4.78, 5) is 21.2. The summed E-state index contributed by atoms with van der Waals surface area (Å²) < 4.78 is 1.90. The number of hydrogen-bond acceptors (Lipinski definition) is 3. The first-order valence-electron chi connectivity index (χ1n) is 13.0. The fraction of sp³-hybridized carbons (Fsp3) is 0.400. The van der Waals surface area contributed by atoms with E-state index in [1.54, 1.807) is 0 Å². The van der Waals surface area contributed by atoms with Crippen LogP contribution in [0.3, 0.4) is 0 Å². The number of nitrogens with zero attached hydrogens (tertiary/aromatic N) is 4. The highest BCUT2D eigenvalue weighted by atomic mass is 16.2. The maximum Gasteiger partial charge on any atom is 0.270 e. The number of likely N-dealkylation sites (tertiary alicyclic amines) is 1. The number of nitrogens with one attached hydrogen (secondary N) is 1. The van der Waals surface area contributed by atoms with Crippen LogP contribution in [-0.2, 0) is 20.0 Å². The number of carbonyl (C=O) groups is 1. The van der Waals surface area contributed by atoms with Crippen LogP contribution < -0.4 is 0 Å². The van der Waals surface area contributed by atoms with Crippen molar-refractivity contribution in [3.63, 3.8) is 0 Å². The zero-order valence-corrected chi connectivity index (χ0v) is 21.9. The lowest BCUT2D eigenvalue weighted by atomic mass is 9.84. The molecule has 1 fully saturated rings. The fourth-order valence-electron chi connectivity index (χ4n) is 5.75. The average molecular weight is 484 g/mol. The van der Waals surface area contributed by atoms with E-state index in [2.05, 4.69) is 90.6 Å². The number of likely N-dealkylation sites (N-methyl/N-ethyl adjacent to an activating group) is 1. The lowest BCUT2D eigenvalue weighted by Crippen LogP contribution is -2.46. The van der Waals surface area contributed by atoms with Crippen molar-refractivity contribution in [2.45, 2.75) is 45.7 Å². The summed E-state index contributed by atoms with van der Waals surface area (Å²) >= 11 is 0. The Morgan fingerprint density at radius 2 is 1.86 bits per heavy atom. The number of amides is 1. The van der Waals surface area contributed by atoms with Crippen molar-refractivity contribution >= 4 is 16.8 Å². The Balaban J connectivity index is 1.29. The molecule has 0 saturated carbocycles. The van der Waals surface area contributed by atoms with Crippen molar-refractivity contribution in [1.29, 1.82) is 0 Å². The molecule has 1 N–H and O–H groups in total. The molecule has 1 saturated heterocycles. The third kappa shape index (κ3) is 5.24. The Labute approximate surface area is 213 Å². The first-order valence-corrected chi connectivity index (χ1v) is 13.0. The molecule has 1 amide bonds. The van der Waals surface area contributed by atoms with E-state index in [0.29, 0.717) is 17.7 Å². The molecule has 0 radical (unpaired) electrons. The Kier molecular flexibility index (Phi) is 6.97. The number of aromatic nitrogens is 3. The number of piperidine rings is 1. The van der Waals surface area contributed by atoms with E-state index in [4.69, 9.17) is 0 Å². The van der Waals surface area contributed by atoms with Crippen LogP contribution in [0.2, 0.25) is 0 Å². The van der Waals surface area contributed by atoms with Gasteiger partial charge in [0, 0.05) is 55.4 Å². The Bertz CT molecular complexity index is 1330. The molecule has 3 heterocycles. The molecule has 1 unspecified atom stereocenters. The normalized spacial score (nSPS) is 15.6. The summed E-state index contributed by atoms with van der Waals surface area (Å²) in [6.45, 7) is 6.64. The van der Waals surface area contributed by atoms with E-state index < -0.39 is 0 Å². The van der Waals surface area contributed by atoms with Crippen molar-refractivity contribution in [2.24, 2.45) is 13.0 Å². The van der Waals surface area contributed by atoms with E-state index in [0.717, 1.165) is 55.5 Å². The van der Waals surface area contributed by atoms with Crippen LogP contribution in [0.25, 0.3) is 10.9 Å². The zero-order chi connectivity index (χ0) is 25.2. The minimum absolute atomic E-state index is 0.112. The molecule has 1 atom stereocenters. The Morgan fingerprint density at radius 3 is 2.56 bits per heavy atom. The molecular formula is C30H37N5O. The van der Waals surface area contributed by atoms with Gasteiger partial charge in [-0.05, 0) is 69.8 Å². The number of aromatic amines is 1. The van der Waals surface area contributed by atoms with Gasteiger partial charge >= 0.3 is 0 Å². The van der Waals surface area contributed by atoms with Crippen LogP contribution in [0, 0.1) is 19.8 Å².